The summed E-state index contributed by atoms with van der Waals surface area (Å²) in [5.41, 5.74) is 1.17. The van der Waals surface area contributed by atoms with Crippen LogP contribution in [0.5, 0.6) is 11.5 Å². The zero-order valence-corrected chi connectivity index (χ0v) is 11.9. The van der Waals surface area contributed by atoms with Crippen LogP contribution in [0.15, 0.2) is 22.7 Å². The van der Waals surface area contributed by atoms with E-state index in [0.717, 1.165) is 23.9 Å². The lowest BCUT2D eigenvalue weighted by atomic mass is 10.2. The summed E-state index contributed by atoms with van der Waals surface area (Å²) in [6.07, 6.45) is 2.37. The predicted molar refractivity (Wildman–Crippen MR) is 74.0 cm³/mol. The van der Waals surface area contributed by atoms with Crippen LogP contribution in [0.4, 0.5) is 0 Å². The minimum Gasteiger partial charge on any atom is -0.454 e. The van der Waals surface area contributed by atoms with Gasteiger partial charge in [0.05, 0.1) is 6.54 Å². The molecule has 0 bridgehead atoms. The number of fused-ring (bicyclic) bond motifs is 1. The van der Waals surface area contributed by atoms with Crippen molar-refractivity contribution in [1.82, 2.24) is 15.0 Å². The molecule has 0 unspecified atom stereocenters. The zero-order valence-electron chi connectivity index (χ0n) is 11.9. The van der Waals surface area contributed by atoms with Crippen molar-refractivity contribution in [3.05, 3.63) is 35.5 Å². The molecule has 0 N–H and O–H groups in total. The van der Waals surface area contributed by atoms with E-state index in [2.05, 4.69) is 15.0 Å². The molecule has 2 heterocycles. The molecule has 2 aliphatic rings. The number of hydrogen-bond donors (Lipinski definition) is 0. The van der Waals surface area contributed by atoms with Crippen molar-refractivity contribution in [2.45, 2.75) is 31.8 Å². The molecule has 0 amide bonds. The van der Waals surface area contributed by atoms with E-state index in [9.17, 15) is 0 Å². The second kappa shape index (κ2) is 5.04. The Morgan fingerprint density at radius 3 is 2.90 bits per heavy atom. The highest BCUT2D eigenvalue weighted by atomic mass is 16.7. The van der Waals surface area contributed by atoms with Gasteiger partial charge in [-0.2, -0.15) is 4.98 Å². The third-order valence-electron chi connectivity index (χ3n) is 3.72. The van der Waals surface area contributed by atoms with Gasteiger partial charge < -0.3 is 14.0 Å². The highest BCUT2D eigenvalue weighted by Crippen LogP contribution is 2.38. The minimum atomic E-state index is 0.306. The van der Waals surface area contributed by atoms with Crippen molar-refractivity contribution < 1.29 is 14.0 Å². The second-order valence-corrected chi connectivity index (χ2v) is 5.68. The summed E-state index contributed by atoms with van der Waals surface area (Å²) >= 11 is 0. The first-order valence-electron chi connectivity index (χ1n) is 7.17. The van der Waals surface area contributed by atoms with E-state index in [-0.39, 0.29) is 0 Å². The van der Waals surface area contributed by atoms with Crippen LogP contribution in [0.25, 0.3) is 0 Å². The van der Waals surface area contributed by atoms with E-state index in [0.29, 0.717) is 25.1 Å². The Balaban J connectivity index is 1.39. The van der Waals surface area contributed by atoms with Crippen LogP contribution in [-0.2, 0) is 13.1 Å². The average Bonchev–Trinajstić information content (AvgIpc) is 3.04. The summed E-state index contributed by atoms with van der Waals surface area (Å²) in [5.74, 6) is 3.70. The van der Waals surface area contributed by atoms with Crippen molar-refractivity contribution in [3.63, 3.8) is 0 Å². The largest absolute Gasteiger partial charge is 0.454 e. The standard InChI is InChI=1S/C15H17N3O3/c1-18(8-14-16-15(17-21-14)11-3-4-11)7-10-2-5-12-13(6-10)20-9-19-12/h2,5-6,11H,3-4,7-9H2,1H3. The summed E-state index contributed by atoms with van der Waals surface area (Å²) in [6, 6.07) is 6.01. The maximum Gasteiger partial charge on any atom is 0.240 e. The molecule has 4 rings (SSSR count). The van der Waals surface area contributed by atoms with Crippen LogP contribution in [0.1, 0.15) is 36.0 Å². The van der Waals surface area contributed by atoms with E-state index < -0.39 is 0 Å². The molecule has 1 aromatic heterocycles. The fraction of sp³-hybridized carbons (Fsp3) is 0.467. The van der Waals surface area contributed by atoms with Gasteiger partial charge in [0, 0.05) is 12.5 Å². The Bertz CT molecular complexity index is 651. The molecule has 6 nitrogen and oxygen atoms in total. The van der Waals surface area contributed by atoms with Crippen molar-refractivity contribution >= 4 is 0 Å². The van der Waals surface area contributed by atoms with Gasteiger partial charge >= 0.3 is 0 Å². The van der Waals surface area contributed by atoms with Crippen LogP contribution < -0.4 is 9.47 Å². The van der Waals surface area contributed by atoms with Crippen molar-refractivity contribution in [1.29, 1.82) is 0 Å². The summed E-state index contributed by atoms with van der Waals surface area (Å²) in [6.45, 7) is 1.74. The van der Waals surface area contributed by atoms with Crippen molar-refractivity contribution in [3.8, 4) is 11.5 Å². The summed E-state index contributed by atoms with van der Waals surface area (Å²) in [4.78, 5) is 6.59. The predicted octanol–water partition coefficient (Wildman–Crippen LogP) is 2.31. The van der Waals surface area contributed by atoms with Gasteiger partial charge in [-0.05, 0) is 37.6 Å². The van der Waals surface area contributed by atoms with E-state index in [4.69, 9.17) is 14.0 Å². The monoisotopic (exact) mass is 287 g/mol. The smallest absolute Gasteiger partial charge is 0.240 e. The first kappa shape index (κ1) is 12.6. The minimum absolute atomic E-state index is 0.306. The lowest BCUT2D eigenvalue weighted by Gasteiger charge is -2.14. The van der Waals surface area contributed by atoms with E-state index >= 15 is 0 Å². The molecular formula is C15H17N3O3. The Hall–Kier alpha value is -2.08. The summed E-state index contributed by atoms with van der Waals surface area (Å²) in [7, 11) is 2.03. The number of rotatable bonds is 5. The maximum absolute atomic E-state index is 5.39. The van der Waals surface area contributed by atoms with Crippen LogP contribution >= 0.6 is 0 Å². The summed E-state index contributed by atoms with van der Waals surface area (Å²) < 4.78 is 16.0. The van der Waals surface area contributed by atoms with E-state index in [1.807, 2.05) is 25.2 Å². The van der Waals surface area contributed by atoms with Crippen molar-refractivity contribution in [2.75, 3.05) is 13.8 Å². The fourth-order valence-electron chi connectivity index (χ4n) is 2.48. The van der Waals surface area contributed by atoms with Gasteiger partial charge in [-0.3, -0.25) is 4.90 Å². The quantitative estimate of drug-likeness (QED) is 0.841. The normalized spacial score (nSPS) is 16.7. The van der Waals surface area contributed by atoms with Crippen LogP contribution in [-0.4, -0.2) is 28.9 Å². The Morgan fingerprint density at radius 1 is 1.19 bits per heavy atom. The molecule has 1 fully saturated rings. The third kappa shape index (κ3) is 2.71. The van der Waals surface area contributed by atoms with Crippen LogP contribution in [0.3, 0.4) is 0 Å². The molecule has 0 spiro atoms. The maximum atomic E-state index is 5.39. The van der Waals surface area contributed by atoms with Gasteiger partial charge in [0.1, 0.15) is 0 Å². The molecule has 0 saturated heterocycles. The number of aromatic nitrogens is 2. The molecule has 1 aliphatic carbocycles. The molecule has 6 heteroatoms. The second-order valence-electron chi connectivity index (χ2n) is 5.68. The van der Waals surface area contributed by atoms with E-state index in [1.54, 1.807) is 0 Å². The molecule has 1 saturated carbocycles. The van der Waals surface area contributed by atoms with Gasteiger partial charge in [-0.15, -0.1) is 0 Å². The topological polar surface area (TPSA) is 60.6 Å². The molecular weight excluding hydrogens is 270 g/mol. The number of ether oxygens (including phenoxy) is 2. The van der Waals surface area contributed by atoms with Gasteiger partial charge in [0.15, 0.2) is 17.3 Å². The van der Waals surface area contributed by atoms with Crippen LogP contribution in [0, 0.1) is 0 Å². The van der Waals surface area contributed by atoms with Gasteiger partial charge in [-0.1, -0.05) is 11.2 Å². The highest BCUT2D eigenvalue weighted by Gasteiger charge is 2.28. The number of benzene rings is 1. The highest BCUT2D eigenvalue weighted by molar-refractivity contribution is 5.44. The Labute approximate surface area is 122 Å². The van der Waals surface area contributed by atoms with Gasteiger partial charge in [0.25, 0.3) is 0 Å². The fourth-order valence-corrected chi connectivity index (χ4v) is 2.48. The Kier molecular flexibility index (Phi) is 3.03. The molecule has 21 heavy (non-hydrogen) atoms. The van der Waals surface area contributed by atoms with Crippen molar-refractivity contribution in [2.24, 2.45) is 0 Å². The third-order valence-corrected chi connectivity index (χ3v) is 3.72. The molecule has 0 atom stereocenters. The van der Waals surface area contributed by atoms with Gasteiger partial charge in [0.2, 0.25) is 12.7 Å². The molecule has 1 aliphatic heterocycles. The molecule has 1 aromatic carbocycles. The SMILES string of the molecule is CN(Cc1ccc2c(c1)OCO2)Cc1nc(C2CC2)no1. The number of hydrogen-bond acceptors (Lipinski definition) is 6. The zero-order chi connectivity index (χ0) is 14.2. The average molecular weight is 287 g/mol. The lowest BCUT2D eigenvalue weighted by molar-refractivity contribution is 0.174. The first-order chi connectivity index (χ1) is 10.3. The molecule has 110 valence electrons. The number of nitrogens with zero attached hydrogens (tertiary/aromatic N) is 3. The Morgan fingerprint density at radius 2 is 2.05 bits per heavy atom. The van der Waals surface area contributed by atoms with E-state index in [1.165, 1.54) is 18.4 Å². The lowest BCUT2D eigenvalue weighted by Crippen LogP contribution is -2.17. The molecule has 0 radical (unpaired) electrons. The van der Waals surface area contributed by atoms with Gasteiger partial charge in [-0.25, -0.2) is 0 Å². The first-order valence-corrected chi connectivity index (χ1v) is 7.17. The molecule has 2 aromatic rings. The summed E-state index contributed by atoms with van der Waals surface area (Å²) in [5, 5.41) is 4.04. The van der Waals surface area contributed by atoms with Crippen LogP contribution in [0.2, 0.25) is 0 Å².